The first-order valence-electron chi connectivity index (χ1n) is 8.69. The maximum atomic E-state index is 12.3. The van der Waals surface area contributed by atoms with Crippen LogP contribution in [0.15, 0.2) is 24.3 Å². The van der Waals surface area contributed by atoms with Gasteiger partial charge in [0, 0.05) is 37.6 Å². The lowest BCUT2D eigenvalue weighted by atomic mass is 10.2. The van der Waals surface area contributed by atoms with Gasteiger partial charge in [-0.1, -0.05) is 18.9 Å². The molecule has 1 aromatic rings. The van der Waals surface area contributed by atoms with E-state index in [1.165, 1.54) is 12.8 Å². The van der Waals surface area contributed by atoms with Crippen LogP contribution in [-0.2, 0) is 9.59 Å². The van der Waals surface area contributed by atoms with Crippen LogP contribution < -0.4 is 10.2 Å². The predicted molar refractivity (Wildman–Crippen MR) is 91.6 cm³/mol. The van der Waals surface area contributed by atoms with Gasteiger partial charge in [0.05, 0.1) is 0 Å². The van der Waals surface area contributed by atoms with Crippen molar-refractivity contribution in [3.8, 4) is 0 Å². The lowest BCUT2D eigenvalue weighted by Gasteiger charge is -2.20. The Hall–Kier alpha value is -2.04. The first-order valence-corrected chi connectivity index (χ1v) is 8.69. The van der Waals surface area contributed by atoms with Gasteiger partial charge in [-0.25, -0.2) is 0 Å². The summed E-state index contributed by atoms with van der Waals surface area (Å²) in [6.45, 7) is 3.51. The molecule has 3 rings (SSSR count). The highest BCUT2D eigenvalue weighted by Crippen LogP contribution is 2.23. The summed E-state index contributed by atoms with van der Waals surface area (Å²) in [5.41, 5.74) is 1.81. The summed E-state index contributed by atoms with van der Waals surface area (Å²) in [5, 5.41) is 2.77. The Morgan fingerprint density at radius 2 is 1.52 bits per heavy atom. The zero-order valence-electron chi connectivity index (χ0n) is 13.6. The molecule has 1 aromatic carbocycles. The van der Waals surface area contributed by atoms with Gasteiger partial charge in [-0.05, 0) is 43.9 Å². The van der Waals surface area contributed by atoms with Crippen LogP contribution in [0.4, 0.5) is 11.4 Å². The Morgan fingerprint density at radius 1 is 0.870 bits per heavy atom. The summed E-state index contributed by atoms with van der Waals surface area (Å²) < 4.78 is 0. The molecule has 2 fully saturated rings. The van der Waals surface area contributed by atoms with E-state index in [1.807, 2.05) is 18.2 Å². The number of likely N-dealkylation sites (tertiary alicyclic amines) is 1. The number of anilines is 2. The van der Waals surface area contributed by atoms with Gasteiger partial charge < -0.3 is 15.1 Å². The molecule has 0 unspecified atom stereocenters. The molecule has 2 aliphatic heterocycles. The van der Waals surface area contributed by atoms with E-state index in [-0.39, 0.29) is 0 Å². The molecule has 23 heavy (non-hydrogen) atoms. The van der Waals surface area contributed by atoms with Crippen LogP contribution in [0, 0.1) is 0 Å². The number of hydrogen-bond donors (Lipinski definition) is 1. The molecule has 0 aromatic heterocycles. The maximum Gasteiger partial charge on any atom is 0.313 e. The van der Waals surface area contributed by atoms with Gasteiger partial charge in [-0.15, -0.1) is 0 Å². The number of carbonyl (C=O) groups excluding carboxylic acids is 2. The van der Waals surface area contributed by atoms with E-state index >= 15 is 0 Å². The molecule has 0 saturated carbocycles. The lowest BCUT2D eigenvalue weighted by molar-refractivity contribution is -0.143. The van der Waals surface area contributed by atoms with E-state index < -0.39 is 11.8 Å². The molecule has 0 spiro atoms. The largest absolute Gasteiger partial charge is 0.371 e. The Morgan fingerprint density at radius 3 is 2.22 bits per heavy atom. The summed E-state index contributed by atoms with van der Waals surface area (Å²) in [5.74, 6) is -0.927. The lowest BCUT2D eigenvalue weighted by Crippen LogP contribution is -2.40. The molecule has 0 aliphatic carbocycles. The summed E-state index contributed by atoms with van der Waals surface area (Å²) in [4.78, 5) is 28.5. The minimum Gasteiger partial charge on any atom is -0.371 e. The zero-order valence-corrected chi connectivity index (χ0v) is 13.6. The third kappa shape index (κ3) is 4.03. The average Bonchev–Trinajstić information content (AvgIpc) is 2.97. The average molecular weight is 315 g/mol. The molecule has 2 saturated heterocycles. The van der Waals surface area contributed by atoms with Crippen LogP contribution in [0.1, 0.15) is 38.5 Å². The minimum atomic E-state index is -0.523. The molecule has 5 heteroatoms. The van der Waals surface area contributed by atoms with Gasteiger partial charge in [-0.3, -0.25) is 9.59 Å². The molecule has 2 heterocycles. The van der Waals surface area contributed by atoms with Crippen molar-refractivity contribution in [3.05, 3.63) is 24.3 Å². The van der Waals surface area contributed by atoms with E-state index in [0.717, 1.165) is 44.5 Å². The van der Waals surface area contributed by atoms with Crippen LogP contribution >= 0.6 is 0 Å². The Labute approximate surface area is 137 Å². The number of carbonyl (C=O) groups is 2. The summed E-state index contributed by atoms with van der Waals surface area (Å²) >= 11 is 0. The summed E-state index contributed by atoms with van der Waals surface area (Å²) in [6, 6.07) is 7.78. The minimum absolute atomic E-state index is 0.404. The second kappa shape index (κ2) is 7.49. The third-order valence-electron chi connectivity index (χ3n) is 4.66. The Bertz CT molecular complexity index is 559. The molecule has 0 bridgehead atoms. The van der Waals surface area contributed by atoms with Gasteiger partial charge >= 0.3 is 11.8 Å². The highest BCUT2D eigenvalue weighted by atomic mass is 16.2. The first kappa shape index (κ1) is 15.8. The second-order valence-corrected chi connectivity index (χ2v) is 6.41. The van der Waals surface area contributed by atoms with E-state index in [2.05, 4.69) is 16.3 Å². The highest BCUT2D eigenvalue weighted by Gasteiger charge is 2.23. The van der Waals surface area contributed by atoms with Crippen molar-refractivity contribution in [2.24, 2.45) is 0 Å². The monoisotopic (exact) mass is 315 g/mol. The van der Waals surface area contributed by atoms with Crippen molar-refractivity contribution in [2.75, 3.05) is 36.4 Å². The fourth-order valence-corrected chi connectivity index (χ4v) is 3.36. The quantitative estimate of drug-likeness (QED) is 0.854. The van der Waals surface area contributed by atoms with Crippen molar-refractivity contribution >= 4 is 23.2 Å². The molecular formula is C18H25N3O2. The van der Waals surface area contributed by atoms with Gasteiger partial charge in [-0.2, -0.15) is 0 Å². The summed E-state index contributed by atoms with van der Waals surface area (Å²) in [7, 11) is 0. The number of rotatable bonds is 2. The SMILES string of the molecule is O=C(Nc1cccc(N2CCCC2)c1)C(=O)N1CCCCCC1. The number of benzene rings is 1. The molecular weight excluding hydrogens is 290 g/mol. The fraction of sp³-hybridized carbons (Fsp3) is 0.556. The number of hydrogen-bond acceptors (Lipinski definition) is 3. The number of amides is 2. The van der Waals surface area contributed by atoms with E-state index in [1.54, 1.807) is 4.90 Å². The summed E-state index contributed by atoms with van der Waals surface area (Å²) in [6.07, 6.45) is 6.69. The topological polar surface area (TPSA) is 52.7 Å². The normalized spacial score (nSPS) is 18.6. The molecule has 124 valence electrons. The van der Waals surface area contributed by atoms with Crippen LogP contribution in [0.5, 0.6) is 0 Å². The molecule has 0 atom stereocenters. The molecule has 0 radical (unpaired) electrons. The molecule has 5 nitrogen and oxygen atoms in total. The first-order chi connectivity index (χ1) is 11.2. The second-order valence-electron chi connectivity index (χ2n) is 6.41. The molecule has 2 amide bonds. The van der Waals surface area contributed by atoms with Gasteiger partial charge in [0.25, 0.3) is 0 Å². The van der Waals surface area contributed by atoms with E-state index in [9.17, 15) is 9.59 Å². The van der Waals surface area contributed by atoms with Crippen LogP contribution in [-0.4, -0.2) is 42.9 Å². The van der Waals surface area contributed by atoms with Gasteiger partial charge in [0.2, 0.25) is 0 Å². The van der Waals surface area contributed by atoms with Crippen molar-refractivity contribution in [3.63, 3.8) is 0 Å². The Kier molecular flexibility index (Phi) is 5.16. The Balaban J connectivity index is 1.62. The van der Waals surface area contributed by atoms with Crippen LogP contribution in [0.3, 0.4) is 0 Å². The number of nitrogens with one attached hydrogen (secondary N) is 1. The van der Waals surface area contributed by atoms with Gasteiger partial charge in [0.1, 0.15) is 0 Å². The zero-order chi connectivity index (χ0) is 16.1. The van der Waals surface area contributed by atoms with Crippen molar-refractivity contribution < 1.29 is 9.59 Å². The smallest absolute Gasteiger partial charge is 0.313 e. The highest BCUT2D eigenvalue weighted by molar-refractivity contribution is 6.39. The van der Waals surface area contributed by atoms with E-state index in [0.29, 0.717) is 18.8 Å². The third-order valence-corrected chi connectivity index (χ3v) is 4.66. The number of nitrogens with zero attached hydrogens (tertiary/aromatic N) is 2. The predicted octanol–water partition coefficient (Wildman–Crippen LogP) is 2.63. The van der Waals surface area contributed by atoms with Crippen molar-refractivity contribution in [2.45, 2.75) is 38.5 Å². The van der Waals surface area contributed by atoms with E-state index in [4.69, 9.17) is 0 Å². The fourth-order valence-electron chi connectivity index (χ4n) is 3.36. The standard InChI is InChI=1S/C18H25N3O2/c22-17(18(23)21-12-3-1-2-4-13-21)19-15-8-7-9-16(14-15)20-10-5-6-11-20/h7-9,14H,1-6,10-13H2,(H,19,22). The molecule has 2 aliphatic rings. The van der Waals surface area contributed by atoms with Gasteiger partial charge in [0.15, 0.2) is 0 Å². The van der Waals surface area contributed by atoms with Crippen LogP contribution in [0.25, 0.3) is 0 Å². The van der Waals surface area contributed by atoms with Crippen LogP contribution in [0.2, 0.25) is 0 Å². The van der Waals surface area contributed by atoms with Crippen molar-refractivity contribution in [1.29, 1.82) is 0 Å². The molecule has 1 N–H and O–H groups in total. The van der Waals surface area contributed by atoms with Crippen molar-refractivity contribution in [1.82, 2.24) is 4.90 Å². The maximum absolute atomic E-state index is 12.3.